The van der Waals surface area contributed by atoms with Crippen LogP contribution >= 0.6 is 0 Å². The van der Waals surface area contributed by atoms with Gasteiger partial charge in [-0.1, -0.05) is 6.92 Å². The molecule has 4 heteroatoms. The maximum Gasteiger partial charge on any atom is 0.227 e. The number of carbonyl (C=O) groups is 1. The van der Waals surface area contributed by atoms with E-state index >= 15 is 0 Å². The van der Waals surface area contributed by atoms with Crippen LogP contribution in [-0.2, 0) is 4.79 Å². The molecule has 4 nitrogen and oxygen atoms in total. The van der Waals surface area contributed by atoms with E-state index in [9.17, 15) is 4.79 Å². The van der Waals surface area contributed by atoms with Crippen LogP contribution in [0.15, 0.2) is 0 Å². The van der Waals surface area contributed by atoms with Gasteiger partial charge in [0.15, 0.2) is 0 Å². The maximum absolute atomic E-state index is 12.4. The van der Waals surface area contributed by atoms with E-state index in [-0.39, 0.29) is 5.92 Å². The normalized spacial score (nSPS) is 36.7. The van der Waals surface area contributed by atoms with E-state index in [1.54, 1.807) is 0 Å². The first-order chi connectivity index (χ1) is 7.59. The molecular weight excluding hydrogens is 202 g/mol. The minimum atomic E-state index is 0.200. The average Bonchev–Trinajstić information content (AvgIpc) is 2.63. The molecule has 0 aromatic heterocycles. The van der Waals surface area contributed by atoms with Gasteiger partial charge >= 0.3 is 0 Å². The van der Waals surface area contributed by atoms with Gasteiger partial charge in [0.25, 0.3) is 0 Å². The van der Waals surface area contributed by atoms with Crippen molar-refractivity contribution in [3.05, 3.63) is 0 Å². The summed E-state index contributed by atoms with van der Waals surface area (Å²) in [6.07, 6.45) is 0. The summed E-state index contributed by atoms with van der Waals surface area (Å²) in [5.74, 6) is 1.04. The smallest absolute Gasteiger partial charge is 0.227 e. The van der Waals surface area contributed by atoms with E-state index in [0.29, 0.717) is 17.9 Å². The lowest BCUT2D eigenvalue weighted by atomic mass is 9.95. The molecule has 0 aliphatic carbocycles. The van der Waals surface area contributed by atoms with E-state index in [1.807, 2.05) is 0 Å². The molecule has 2 aliphatic heterocycles. The Balaban J connectivity index is 1.98. The first-order valence-corrected chi connectivity index (χ1v) is 6.29. The number of nitrogens with zero attached hydrogens (tertiary/aromatic N) is 2. The van der Waals surface area contributed by atoms with Crippen LogP contribution in [0.3, 0.4) is 0 Å². The number of likely N-dealkylation sites (N-methyl/N-ethyl adjacent to an activating group) is 1. The lowest BCUT2D eigenvalue weighted by Crippen LogP contribution is -2.54. The van der Waals surface area contributed by atoms with Crippen LogP contribution in [0.1, 0.15) is 13.8 Å². The van der Waals surface area contributed by atoms with Crippen molar-refractivity contribution in [3.63, 3.8) is 0 Å². The highest BCUT2D eigenvalue weighted by atomic mass is 16.2. The molecule has 2 rings (SSSR count). The summed E-state index contributed by atoms with van der Waals surface area (Å²) in [6.45, 7) is 9.06. The Morgan fingerprint density at radius 2 is 2.00 bits per heavy atom. The van der Waals surface area contributed by atoms with Gasteiger partial charge in [-0.15, -0.1) is 0 Å². The van der Waals surface area contributed by atoms with Gasteiger partial charge in [-0.05, 0) is 26.4 Å². The molecule has 2 heterocycles. The highest BCUT2D eigenvalue weighted by molar-refractivity contribution is 5.80. The number of amides is 1. The van der Waals surface area contributed by atoms with Crippen molar-refractivity contribution in [3.8, 4) is 0 Å². The van der Waals surface area contributed by atoms with Crippen LogP contribution in [0.5, 0.6) is 0 Å². The Hall–Kier alpha value is -0.610. The molecule has 2 aliphatic rings. The fraction of sp³-hybridized carbons (Fsp3) is 0.917. The van der Waals surface area contributed by atoms with E-state index in [0.717, 1.165) is 32.7 Å². The molecular formula is C12H23N3O. The number of hydrogen-bond donors (Lipinski definition) is 1. The van der Waals surface area contributed by atoms with Crippen molar-refractivity contribution < 1.29 is 4.79 Å². The van der Waals surface area contributed by atoms with Crippen molar-refractivity contribution in [1.82, 2.24) is 15.1 Å². The third-order valence-electron chi connectivity index (χ3n) is 3.95. The van der Waals surface area contributed by atoms with Gasteiger partial charge in [-0.2, -0.15) is 0 Å². The molecule has 16 heavy (non-hydrogen) atoms. The van der Waals surface area contributed by atoms with Crippen LogP contribution in [0.4, 0.5) is 0 Å². The predicted octanol–water partition coefficient (Wildman–Crippen LogP) is 0.00440. The fourth-order valence-electron chi connectivity index (χ4n) is 2.82. The molecule has 0 aromatic carbocycles. The minimum absolute atomic E-state index is 0.200. The van der Waals surface area contributed by atoms with Crippen molar-refractivity contribution in [2.45, 2.75) is 19.9 Å². The van der Waals surface area contributed by atoms with Crippen molar-refractivity contribution in [2.75, 3.05) is 39.8 Å². The van der Waals surface area contributed by atoms with Crippen LogP contribution in [-0.4, -0.2) is 61.5 Å². The zero-order valence-corrected chi connectivity index (χ0v) is 10.6. The van der Waals surface area contributed by atoms with Crippen molar-refractivity contribution >= 4 is 5.91 Å². The summed E-state index contributed by atoms with van der Waals surface area (Å²) < 4.78 is 0. The quantitative estimate of drug-likeness (QED) is 0.682. The second-order valence-electron chi connectivity index (χ2n) is 5.38. The van der Waals surface area contributed by atoms with E-state index in [1.165, 1.54) is 0 Å². The summed E-state index contributed by atoms with van der Waals surface area (Å²) in [7, 11) is 2.12. The molecule has 2 saturated heterocycles. The molecule has 0 spiro atoms. The van der Waals surface area contributed by atoms with Gasteiger partial charge < -0.3 is 15.1 Å². The van der Waals surface area contributed by atoms with Crippen LogP contribution in [0, 0.1) is 11.8 Å². The highest BCUT2D eigenvalue weighted by Gasteiger charge is 2.35. The Bertz CT molecular complexity index is 269. The molecule has 0 aromatic rings. The number of piperazine rings is 1. The number of rotatable bonds is 1. The summed E-state index contributed by atoms with van der Waals surface area (Å²) >= 11 is 0. The zero-order chi connectivity index (χ0) is 11.7. The first-order valence-electron chi connectivity index (χ1n) is 6.29. The lowest BCUT2D eigenvalue weighted by Gasteiger charge is -2.39. The molecule has 3 unspecified atom stereocenters. The average molecular weight is 225 g/mol. The standard InChI is InChI=1S/C12H23N3O/c1-9-6-13-7-11(9)12(16)15-5-4-14(3)8-10(15)2/h9-11,13H,4-8H2,1-3H3. The molecule has 92 valence electrons. The summed E-state index contributed by atoms with van der Waals surface area (Å²) in [5, 5.41) is 3.31. The Kier molecular flexibility index (Phi) is 3.50. The van der Waals surface area contributed by atoms with Gasteiger partial charge in [-0.25, -0.2) is 0 Å². The molecule has 2 fully saturated rings. The van der Waals surface area contributed by atoms with Crippen molar-refractivity contribution in [1.29, 1.82) is 0 Å². The summed E-state index contributed by atoms with van der Waals surface area (Å²) in [5.41, 5.74) is 0. The molecule has 1 amide bonds. The SMILES string of the molecule is CC1CNCC1C(=O)N1CCN(C)CC1C. The maximum atomic E-state index is 12.4. The van der Waals surface area contributed by atoms with Crippen LogP contribution in [0.25, 0.3) is 0 Å². The third kappa shape index (κ3) is 2.23. The summed E-state index contributed by atoms with van der Waals surface area (Å²) in [6, 6.07) is 0.360. The highest BCUT2D eigenvalue weighted by Crippen LogP contribution is 2.21. The second kappa shape index (κ2) is 4.72. The number of carbonyl (C=O) groups excluding carboxylic acids is 1. The van der Waals surface area contributed by atoms with Gasteiger partial charge in [0.1, 0.15) is 0 Å². The van der Waals surface area contributed by atoms with E-state index in [2.05, 4.69) is 36.0 Å². The minimum Gasteiger partial charge on any atom is -0.337 e. The fourth-order valence-corrected chi connectivity index (χ4v) is 2.82. The monoisotopic (exact) mass is 225 g/mol. The topological polar surface area (TPSA) is 35.6 Å². The van der Waals surface area contributed by atoms with Crippen LogP contribution in [0.2, 0.25) is 0 Å². The van der Waals surface area contributed by atoms with Gasteiger partial charge in [0.2, 0.25) is 5.91 Å². The molecule has 0 bridgehead atoms. The molecule has 1 N–H and O–H groups in total. The van der Waals surface area contributed by atoms with Gasteiger partial charge in [-0.3, -0.25) is 4.79 Å². The first kappa shape index (κ1) is 11.9. The number of hydrogen-bond acceptors (Lipinski definition) is 3. The van der Waals surface area contributed by atoms with Crippen LogP contribution < -0.4 is 5.32 Å². The van der Waals surface area contributed by atoms with Crippen molar-refractivity contribution in [2.24, 2.45) is 11.8 Å². The molecule has 3 atom stereocenters. The largest absolute Gasteiger partial charge is 0.337 e. The molecule has 0 saturated carbocycles. The van der Waals surface area contributed by atoms with Gasteiger partial charge in [0.05, 0.1) is 5.92 Å². The lowest BCUT2D eigenvalue weighted by molar-refractivity contribution is -0.140. The third-order valence-corrected chi connectivity index (χ3v) is 3.95. The van der Waals surface area contributed by atoms with E-state index < -0.39 is 0 Å². The zero-order valence-electron chi connectivity index (χ0n) is 10.6. The number of nitrogens with one attached hydrogen (secondary N) is 1. The Morgan fingerprint density at radius 1 is 1.25 bits per heavy atom. The Labute approximate surface area is 98.0 Å². The second-order valence-corrected chi connectivity index (χ2v) is 5.38. The van der Waals surface area contributed by atoms with Gasteiger partial charge in [0, 0.05) is 32.2 Å². The molecule has 0 radical (unpaired) electrons. The Morgan fingerprint density at radius 3 is 2.56 bits per heavy atom. The van der Waals surface area contributed by atoms with E-state index in [4.69, 9.17) is 0 Å². The predicted molar refractivity (Wildman–Crippen MR) is 64.2 cm³/mol. The summed E-state index contributed by atoms with van der Waals surface area (Å²) in [4.78, 5) is 16.8.